The first kappa shape index (κ1) is 13.3. The van der Waals surface area contributed by atoms with Gasteiger partial charge in [0.2, 0.25) is 5.88 Å². The van der Waals surface area contributed by atoms with Gasteiger partial charge in [0.1, 0.15) is 11.6 Å². The topological polar surface area (TPSA) is 101 Å². The number of ether oxygens (including phenoxy) is 1. The number of hydrogen-bond acceptors (Lipinski definition) is 5. The molecule has 0 saturated carbocycles. The third kappa shape index (κ3) is 1.94. The fraction of sp³-hybridized carbons (Fsp3) is 0.118. The fourth-order valence-electron chi connectivity index (χ4n) is 2.97. The predicted octanol–water partition coefficient (Wildman–Crippen LogP) is 2.48. The first-order valence-corrected chi connectivity index (χ1v) is 7.15. The Kier molecular flexibility index (Phi) is 2.81. The maximum atomic E-state index is 9.54. The number of aromatic nitrogens is 3. The zero-order valence-electron chi connectivity index (χ0n) is 12.4. The van der Waals surface area contributed by atoms with Gasteiger partial charge < -0.3 is 15.5 Å². The first-order chi connectivity index (χ1) is 11.2. The van der Waals surface area contributed by atoms with Crippen LogP contribution < -0.4 is 10.5 Å². The predicted molar refractivity (Wildman–Crippen MR) is 84.4 cm³/mol. The van der Waals surface area contributed by atoms with E-state index in [1.165, 1.54) is 0 Å². The van der Waals surface area contributed by atoms with Crippen LogP contribution in [-0.4, -0.2) is 15.0 Å². The highest BCUT2D eigenvalue weighted by Crippen LogP contribution is 2.44. The van der Waals surface area contributed by atoms with E-state index in [4.69, 9.17) is 10.5 Å². The molecular weight excluding hydrogens is 290 g/mol. The number of aromatic amines is 1. The molecule has 0 spiro atoms. The highest BCUT2D eigenvalue weighted by atomic mass is 16.5. The zero-order chi connectivity index (χ0) is 16.0. The van der Waals surface area contributed by atoms with E-state index in [-0.39, 0.29) is 11.8 Å². The number of nitrogens with one attached hydrogen (secondary N) is 1. The van der Waals surface area contributed by atoms with Gasteiger partial charge in [0.25, 0.3) is 0 Å². The summed E-state index contributed by atoms with van der Waals surface area (Å²) in [5, 5.41) is 10.6. The Morgan fingerprint density at radius 2 is 2.17 bits per heavy atom. The molecule has 0 bridgehead atoms. The molecule has 0 fully saturated rings. The fourth-order valence-corrected chi connectivity index (χ4v) is 2.97. The minimum atomic E-state index is -0.385. The van der Waals surface area contributed by atoms with Crippen LogP contribution in [0.15, 0.2) is 48.2 Å². The maximum Gasteiger partial charge on any atom is 0.205 e. The second kappa shape index (κ2) is 4.85. The number of nitrogens with two attached hydrogens (primary N) is 1. The average molecular weight is 303 g/mol. The van der Waals surface area contributed by atoms with Gasteiger partial charge in [-0.1, -0.05) is 12.1 Å². The lowest BCUT2D eigenvalue weighted by atomic mass is 9.86. The molecule has 1 aliphatic heterocycles. The summed E-state index contributed by atoms with van der Waals surface area (Å²) in [6.45, 7) is 1.87. The largest absolute Gasteiger partial charge is 0.438 e. The Hall–Kier alpha value is -3.33. The van der Waals surface area contributed by atoms with Crippen molar-refractivity contribution in [3.8, 4) is 11.8 Å². The van der Waals surface area contributed by atoms with Crippen LogP contribution in [0.2, 0.25) is 0 Å². The van der Waals surface area contributed by atoms with E-state index in [0.29, 0.717) is 17.0 Å². The Morgan fingerprint density at radius 3 is 2.96 bits per heavy atom. The number of rotatable bonds is 1. The van der Waals surface area contributed by atoms with Crippen LogP contribution in [0.5, 0.6) is 5.75 Å². The average Bonchev–Trinajstić information content (AvgIpc) is 3.02. The van der Waals surface area contributed by atoms with Gasteiger partial charge in [-0.2, -0.15) is 5.26 Å². The molecular formula is C17H13N5O. The second-order valence-electron chi connectivity index (χ2n) is 5.44. The molecule has 0 saturated heterocycles. The van der Waals surface area contributed by atoms with Crippen LogP contribution in [0, 0.1) is 18.3 Å². The van der Waals surface area contributed by atoms with Crippen molar-refractivity contribution in [3.05, 3.63) is 65.2 Å². The minimum absolute atomic E-state index is 0.107. The summed E-state index contributed by atoms with van der Waals surface area (Å²) in [6, 6.07) is 8.05. The summed E-state index contributed by atoms with van der Waals surface area (Å²) in [5.41, 5.74) is 9.53. The number of fused-ring (bicyclic) bond motifs is 3. The second-order valence-corrected chi connectivity index (χ2v) is 5.44. The molecule has 0 amide bonds. The standard InChI is InChI=1S/C17H13N5O/c1-9-7-20-8-13(22-9)14-11-3-2-10-4-5-21-15(10)16(11)23-17(19)12(14)6-18/h2-5,7-8,14,21H,19H2,1H3. The third-order valence-electron chi connectivity index (χ3n) is 3.98. The van der Waals surface area contributed by atoms with E-state index in [2.05, 4.69) is 21.0 Å². The number of hydrogen-bond donors (Lipinski definition) is 2. The van der Waals surface area contributed by atoms with Crippen LogP contribution in [0.25, 0.3) is 10.9 Å². The molecule has 1 unspecified atom stereocenters. The summed E-state index contributed by atoms with van der Waals surface area (Å²) in [5.74, 6) is 0.358. The van der Waals surface area contributed by atoms with E-state index in [0.717, 1.165) is 22.2 Å². The van der Waals surface area contributed by atoms with Gasteiger partial charge in [-0.3, -0.25) is 9.97 Å². The minimum Gasteiger partial charge on any atom is -0.438 e. The van der Waals surface area contributed by atoms with E-state index < -0.39 is 0 Å². The Labute approximate surface area is 132 Å². The summed E-state index contributed by atoms with van der Waals surface area (Å²) >= 11 is 0. The quantitative estimate of drug-likeness (QED) is 0.719. The lowest BCUT2D eigenvalue weighted by Gasteiger charge is -2.26. The van der Waals surface area contributed by atoms with Crippen molar-refractivity contribution in [2.75, 3.05) is 0 Å². The summed E-state index contributed by atoms with van der Waals surface area (Å²) in [6.07, 6.45) is 5.18. The van der Waals surface area contributed by atoms with Crippen molar-refractivity contribution < 1.29 is 4.74 Å². The molecule has 0 aliphatic carbocycles. The molecule has 3 N–H and O–H groups in total. The molecule has 6 nitrogen and oxygen atoms in total. The molecule has 1 aliphatic rings. The molecule has 1 aromatic carbocycles. The molecule has 6 heteroatoms. The molecule has 112 valence electrons. The monoisotopic (exact) mass is 303 g/mol. The van der Waals surface area contributed by atoms with Crippen molar-refractivity contribution in [2.45, 2.75) is 12.8 Å². The number of allylic oxidation sites excluding steroid dienone is 1. The number of aryl methyl sites for hydroxylation is 1. The van der Waals surface area contributed by atoms with E-state index >= 15 is 0 Å². The Balaban J connectivity index is 2.02. The lowest BCUT2D eigenvalue weighted by Crippen LogP contribution is -2.22. The highest BCUT2D eigenvalue weighted by molar-refractivity contribution is 5.88. The van der Waals surface area contributed by atoms with Gasteiger partial charge in [-0.15, -0.1) is 0 Å². The summed E-state index contributed by atoms with van der Waals surface area (Å²) in [7, 11) is 0. The molecule has 2 aromatic heterocycles. The van der Waals surface area contributed by atoms with E-state index in [1.54, 1.807) is 12.4 Å². The maximum absolute atomic E-state index is 9.54. The van der Waals surface area contributed by atoms with Crippen LogP contribution >= 0.6 is 0 Å². The van der Waals surface area contributed by atoms with Gasteiger partial charge in [-0.05, 0) is 13.0 Å². The van der Waals surface area contributed by atoms with Crippen LogP contribution in [0.3, 0.4) is 0 Å². The zero-order valence-corrected chi connectivity index (χ0v) is 12.4. The summed E-state index contributed by atoms with van der Waals surface area (Å²) < 4.78 is 5.74. The van der Waals surface area contributed by atoms with Gasteiger partial charge in [-0.25, -0.2) is 0 Å². The van der Waals surface area contributed by atoms with Gasteiger partial charge in [0.15, 0.2) is 5.75 Å². The number of H-pyrrole nitrogens is 1. The lowest BCUT2D eigenvalue weighted by molar-refractivity contribution is 0.397. The van der Waals surface area contributed by atoms with Crippen molar-refractivity contribution >= 4 is 10.9 Å². The SMILES string of the molecule is Cc1cncc(C2C(C#N)=C(N)Oc3c2ccc2cc[nH]c32)n1. The Bertz CT molecular complexity index is 996. The highest BCUT2D eigenvalue weighted by Gasteiger charge is 2.33. The molecule has 3 aromatic rings. The van der Waals surface area contributed by atoms with E-state index in [9.17, 15) is 5.26 Å². The van der Waals surface area contributed by atoms with Crippen molar-refractivity contribution in [2.24, 2.45) is 5.73 Å². The van der Waals surface area contributed by atoms with Crippen molar-refractivity contribution in [1.29, 1.82) is 5.26 Å². The number of nitrogens with zero attached hydrogens (tertiary/aromatic N) is 3. The van der Waals surface area contributed by atoms with Crippen LogP contribution in [0.4, 0.5) is 0 Å². The van der Waals surface area contributed by atoms with Crippen molar-refractivity contribution in [1.82, 2.24) is 15.0 Å². The molecule has 1 atom stereocenters. The first-order valence-electron chi connectivity index (χ1n) is 7.15. The molecule has 4 rings (SSSR count). The molecule has 3 heterocycles. The molecule has 0 radical (unpaired) electrons. The van der Waals surface area contributed by atoms with Crippen LogP contribution in [-0.2, 0) is 0 Å². The van der Waals surface area contributed by atoms with Gasteiger partial charge in [0, 0.05) is 29.5 Å². The van der Waals surface area contributed by atoms with Crippen molar-refractivity contribution in [3.63, 3.8) is 0 Å². The van der Waals surface area contributed by atoms with Gasteiger partial charge >= 0.3 is 0 Å². The summed E-state index contributed by atoms with van der Waals surface area (Å²) in [4.78, 5) is 11.9. The third-order valence-corrected chi connectivity index (χ3v) is 3.98. The Morgan fingerprint density at radius 1 is 1.30 bits per heavy atom. The normalized spacial score (nSPS) is 16.8. The van der Waals surface area contributed by atoms with E-state index in [1.807, 2.05) is 31.3 Å². The number of nitriles is 1. The number of benzene rings is 1. The van der Waals surface area contributed by atoms with Crippen LogP contribution in [0.1, 0.15) is 22.9 Å². The van der Waals surface area contributed by atoms with Gasteiger partial charge in [0.05, 0.1) is 22.8 Å². The smallest absolute Gasteiger partial charge is 0.205 e. The molecule has 23 heavy (non-hydrogen) atoms.